The summed E-state index contributed by atoms with van der Waals surface area (Å²) >= 11 is 0. The number of aryl methyl sites for hydroxylation is 2. The van der Waals surface area contributed by atoms with Crippen LogP contribution in [0.15, 0.2) is 97.1 Å². The van der Waals surface area contributed by atoms with Gasteiger partial charge in [0.15, 0.2) is 0 Å². The number of aromatic nitrogens is 2. The predicted molar refractivity (Wildman–Crippen MR) is 158 cm³/mol. The molecule has 0 unspecified atom stereocenters. The Morgan fingerprint density at radius 2 is 0.947 bits per heavy atom. The lowest BCUT2D eigenvalue weighted by atomic mass is 9.78. The molecule has 2 heterocycles. The van der Waals surface area contributed by atoms with Crippen LogP contribution >= 0.6 is 0 Å². The summed E-state index contributed by atoms with van der Waals surface area (Å²) in [6, 6.07) is 34.0. The van der Waals surface area contributed by atoms with Crippen LogP contribution in [0.4, 0.5) is 0 Å². The van der Waals surface area contributed by atoms with Crippen LogP contribution in [0.3, 0.4) is 0 Å². The van der Waals surface area contributed by atoms with Gasteiger partial charge in [0.25, 0.3) is 0 Å². The molecule has 2 N–H and O–H groups in total. The van der Waals surface area contributed by atoms with Crippen LogP contribution in [0, 0.1) is 23.7 Å². The Balaban J connectivity index is 1.10. The van der Waals surface area contributed by atoms with Crippen molar-refractivity contribution >= 4 is 21.8 Å². The van der Waals surface area contributed by atoms with Gasteiger partial charge < -0.3 is 9.97 Å². The van der Waals surface area contributed by atoms with Gasteiger partial charge in [0, 0.05) is 57.3 Å². The molecule has 180 valence electrons. The lowest BCUT2D eigenvalue weighted by Crippen LogP contribution is -2.00. The van der Waals surface area contributed by atoms with Gasteiger partial charge >= 0.3 is 0 Å². The van der Waals surface area contributed by atoms with E-state index in [0.29, 0.717) is 0 Å². The lowest BCUT2D eigenvalue weighted by Gasteiger charge is -2.25. The number of rotatable bonds is 4. The van der Waals surface area contributed by atoms with Crippen LogP contribution < -0.4 is 0 Å². The van der Waals surface area contributed by atoms with Gasteiger partial charge in [-0.1, -0.05) is 84.3 Å². The Morgan fingerprint density at radius 3 is 1.39 bits per heavy atom. The second kappa shape index (κ2) is 9.51. The molecule has 2 aromatic heterocycles. The van der Waals surface area contributed by atoms with Crippen LogP contribution in [0.1, 0.15) is 35.4 Å². The molecule has 0 radical (unpaired) electrons. The fourth-order valence-electron chi connectivity index (χ4n) is 5.47. The highest BCUT2D eigenvalue weighted by atomic mass is 14.7. The molecule has 7 rings (SSSR count). The molecule has 0 fully saturated rings. The molecule has 4 aromatic carbocycles. The first-order chi connectivity index (χ1) is 18.8. The topological polar surface area (TPSA) is 31.6 Å². The zero-order chi connectivity index (χ0) is 25.3. The van der Waals surface area contributed by atoms with E-state index in [1.807, 2.05) is 36.4 Å². The first kappa shape index (κ1) is 22.3. The number of hydrogen-bond donors (Lipinski definition) is 2. The smallest absolute Gasteiger partial charge is 0.0542 e. The van der Waals surface area contributed by atoms with E-state index >= 15 is 0 Å². The SMILES string of the molecule is C(#Cc1ccccc1)CCc1cc2ccc3c(c2[nH]1)-c1ccc2cc(CCC#Cc4ccccc4)[nH]c2c1-3. The molecule has 1 aliphatic rings. The predicted octanol–water partition coefficient (Wildman–Crippen LogP) is 8.27. The van der Waals surface area contributed by atoms with Gasteiger partial charge in [-0.05, 0) is 60.4 Å². The molecule has 0 amide bonds. The Bertz CT molecular complexity index is 1760. The van der Waals surface area contributed by atoms with Gasteiger partial charge in [0.1, 0.15) is 0 Å². The Labute approximate surface area is 222 Å². The summed E-state index contributed by atoms with van der Waals surface area (Å²) in [6.45, 7) is 0. The lowest BCUT2D eigenvalue weighted by molar-refractivity contribution is 0.986. The second-order valence-electron chi connectivity index (χ2n) is 9.83. The minimum absolute atomic E-state index is 0.835. The van der Waals surface area contributed by atoms with E-state index < -0.39 is 0 Å². The molecule has 1 aliphatic carbocycles. The van der Waals surface area contributed by atoms with Gasteiger partial charge in [-0.3, -0.25) is 0 Å². The fraction of sp³-hybridized carbons (Fsp3) is 0.111. The van der Waals surface area contributed by atoms with Gasteiger partial charge in [-0.2, -0.15) is 0 Å². The highest BCUT2D eigenvalue weighted by Crippen LogP contribution is 2.53. The van der Waals surface area contributed by atoms with Gasteiger partial charge in [0.2, 0.25) is 0 Å². The first-order valence-corrected chi connectivity index (χ1v) is 13.2. The van der Waals surface area contributed by atoms with Crippen LogP contribution in [0.5, 0.6) is 0 Å². The van der Waals surface area contributed by atoms with Crippen molar-refractivity contribution in [3.05, 3.63) is 120 Å². The Hall–Kier alpha value is -4.92. The van der Waals surface area contributed by atoms with E-state index in [1.165, 1.54) is 55.4 Å². The third-order valence-corrected chi connectivity index (χ3v) is 7.30. The molecule has 0 atom stereocenters. The van der Waals surface area contributed by atoms with Crippen LogP contribution in [-0.2, 0) is 12.8 Å². The van der Waals surface area contributed by atoms with Crippen LogP contribution in [-0.4, -0.2) is 9.97 Å². The molecular weight excluding hydrogens is 460 g/mol. The summed E-state index contributed by atoms with van der Waals surface area (Å²) in [5.41, 5.74) is 12.4. The van der Waals surface area contributed by atoms with E-state index in [1.54, 1.807) is 0 Å². The molecule has 6 aromatic rings. The van der Waals surface area contributed by atoms with Gasteiger partial charge in [0.05, 0.1) is 11.0 Å². The summed E-state index contributed by atoms with van der Waals surface area (Å²) in [5.74, 6) is 13.2. The quantitative estimate of drug-likeness (QED) is 0.235. The van der Waals surface area contributed by atoms with Crippen molar-refractivity contribution in [3.8, 4) is 45.9 Å². The minimum atomic E-state index is 0.835. The van der Waals surface area contributed by atoms with E-state index in [4.69, 9.17) is 0 Å². The molecule has 0 aliphatic heterocycles. The number of nitrogens with one attached hydrogen (secondary N) is 2. The molecule has 2 nitrogen and oxygen atoms in total. The molecule has 0 spiro atoms. The van der Waals surface area contributed by atoms with Crippen LogP contribution in [0.2, 0.25) is 0 Å². The third-order valence-electron chi connectivity index (χ3n) is 7.30. The van der Waals surface area contributed by atoms with Crippen molar-refractivity contribution in [1.29, 1.82) is 0 Å². The van der Waals surface area contributed by atoms with E-state index in [0.717, 1.165) is 36.8 Å². The molecule has 0 bridgehead atoms. The van der Waals surface area contributed by atoms with Crippen molar-refractivity contribution in [2.45, 2.75) is 25.7 Å². The van der Waals surface area contributed by atoms with E-state index in [2.05, 4.69) is 94.3 Å². The van der Waals surface area contributed by atoms with Crippen molar-refractivity contribution in [2.24, 2.45) is 0 Å². The van der Waals surface area contributed by atoms with E-state index in [-0.39, 0.29) is 0 Å². The monoisotopic (exact) mass is 486 g/mol. The maximum absolute atomic E-state index is 3.70. The number of aromatic amines is 2. The molecule has 2 heteroatoms. The molecule has 0 saturated carbocycles. The summed E-state index contributed by atoms with van der Waals surface area (Å²) in [7, 11) is 0. The van der Waals surface area contributed by atoms with Crippen molar-refractivity contribution < 1.29 is 0 Å². The highest BCUT2D eigenvalue weighted by Gasteiger charge is 2.28. The average Bonchev–Trinajstić information content (AvgIpc) is 3.54. The molecular formula is C36H26N2. The summed E-state index contributed by atoms with van der Waals surface area (Å²) in [6.07, 6.45) is 3.51. The number of hydrogen-bond acceptors (Lipinski definition) is 0. The van der Waals surface area contributed by atoms with Crippen molar-refractivity contribution in [2.75, 3.05) is 0 Å². The maximum atomic E-state index is 3.70. The van der Waals surface area contributed by atoms with Gasteiger partial charge in [-0.15, -0.1) is 0 Å². The normalized spacial score (nSPS) is 11.2. The zero-order valence-corrected chi connectivity index (χ0v) is 21.1. The Morgan fingerprint density at radius 1 is 0.500 bits per heavy atom. The number of fused-ring (bicyclic) bond motifs is 8. The van der Waals surface area contributed by atoms with E-state index in [9.17, 15) is 0 Å². The largest absolute Gasteiger partial charge is 0.358 e. The summed E-state index contributed by atoms with van der Waals surface area (Å²) in [5, 5.41) is 2.54. The van der Waals surface area contributed by atoms with Crippen molar-refractivity contribution in [3.63, 3.8) is 0 Å². The average molecular weight is 487 g/mol. The third kappa shape index (κ3) is 4.07. The molecule has 0 saturated heterocycles. The zero-order valence-electron chi connectivity index (χ0n) is 21.1. The number of H-pyrrole nitrogens is 2. The van der Waals surface area contributed by atoms with Crippen molar-refractivity contribution in [1.82, 2.24) is 9.97 Å². The fourth-order valence-corrected chi connectivity index (χ4v) is 5.47. The summed E-state index contributed by atoms with van der Waals surface area (Å²) < 4.78 is 0. The highest BCUT2D eigenvalue weighted by molar-refractivity contribution is 6.20. The first-order valence-electron chi connectivity index (χ1n) is 13.2. The number of benzene rings is 4. The van der Waals surface area contributed by atoms with Crippen LogP contribution in [0.25, 0.3) is 44.1 Å². The Kier molecular flexibility index (Phi) is 5.58. The maximum Gasteiger partial charge on any atom is 0.0542 e. The molecule has 38 heavy (non-hydrogen) atoms. The second-order valence-corrected chi connectivity index (χ2v) is 9.83. The van der Waals surface area contributed by atoms with Gasteiger partial charge in [-0.25, -0.2) is 0 Å². The standard InChI is InChI=1S/C36H26N2/c1-3-11-25(12-4-1)15-7-9-17-29-23-27-19-21-31-33(35(27)37-29)32-22-20-28-24-30(38-36(28)34(31)32)18-10-8-16-26-13-5-2-6-14-26/h1-6,11-14,19-24,37-38H,9-10,17-18H2. The summed E-state index contributed by atoms with van der Waals surface area (Å²) in [4.78, 5) is 7.41. The minimum Gasteiger partial charge on any atom is -0.358 e.